The first kappa shape index (κ1) is 13.7. The second-order valence-electron chi connectivity index (χ2n) is 5.33. The van der Waals surface area contributed by atoms with Crippen molar-refractivity contribution < 1.29 is 9.53 Å². The van der Waals surface area contributed by atoms with E-state index in [9.17, 15) is 4.79 Å². The van der Waals surface area contributed by atoms with Crippen molar-refractivity contribution in [1.82, 2.24) is 5.32 Å². The van der Waals surface area contributed by atoms with Gasteiger partial charge in [0.05, 0.1) is 23.1 Å². The zero-order valence-electron chi connectivity index (χ0n) is 10.7. The molecule has 0 aliphatic heterocycles. The van der Waals surface area contributed by atoms with Crippen molar-refractivity contribution in [3.63, 3.8) is 0 Å². The number of amides is 1. The van der Waals surface area contributed by atoms with E-state index in [1.807, 2.05) is 0 Å². The molecule has 2 fully saturated rings. The number of nitrogens with two attached hydrogens (primary N) is 1. The fourth-order valence-corrected chi connectivity index (χ4v) is 2.80. The number of carbonyl (C=O) groups is 1. The quantitative estimate of drug-likeness (QED) is 0.567. The fraction of sp³-hybridized carbons (Fsp3) is 0.846. The number of ether oxygens (including phenoxy) is 1. The van der Waals surface area contributed by atoms with E-state index in [1.54, 1.807) is 0 Å². The van der Waals surface area contributed by atoms with E-state index in [4.69, 9.17) is 22.7 Å². The molecule has 0 unspecified atom stereocenters. The van der Waals surface area contributed by atoms with Gasteiger partial charge in [0.1, 0.15) is 0 Å². The van der Waals surface area contributed by atoms with Crippen LogP contribution in [0.5, 0.6) is 0 Å². The summed E-state index contributed by atoms with van der Waals surface area (Å²) in [4.78, 5) is 12.2. The van der Waals surface area contributed by atoms with Gasteiger partial charge in [-0.2, -0.15) is 0 Å². The van der Waals surface area contributed by atoms with E-state index < -0.39 is 5.41 Å². The van der Waals surface area contributed by atoms with Gasteiger partial charge >= 0.3 is 0 Å². The predicted octanol–water partition coefficient (Wildman–Crippen LogP) is 1.52. The van der Waals surface area contributed by atoms with E-state index in [0.717, 1.165) is 25.7 Å². The van der Waals surface area contributed by atoms with Crippen LogP contribution in [0.2, 0.25) is 0 Å². The first-order valence-electron chi connectivity index (χ1n) is 6.85. The summed E-state index contributed by atoms with van der Waals surface area (Å²) in [6.45, 7) is 1.14. The molecule has 0 aromatic rings. The van der Waals surface area contributed by atoms with Crippen molar-refractivity contribution in [2.45, 2.75) is 51.0 Å². The van der Waals surface area contributed by atoms with Gasteiger partial charge in [0.15, 0.2) is 0 Å². The Morgan fingerprint density at radius 1 is 1.33 bits per heavy atom. The Kier molecular flexibility index (Phi) is 4.56. The maximum Gasteiger partial charge on any atom is 0.233 e. The number of hydrogen-bond donors (Lipinski definition) is 2. The molecular formula is C13H22N2O2S. The van der Waals surface area contributed by atoms with Gasteiger partial charge in [0.25, 0.3) is 0 Å². The Morgan fingerprint density at radius 3 is 2.56 bits per heavy atom. The van der Waals surface area contributed by atoms with Crippen molar-refractivity contribution in [2.75, 3.05) is 13.2 Å². The second-order valence-corrected chi connectivity index (χ2v) is 5.77. The Bertz CT molecular complexity index is 323. The summed E-state index contributed by atoms with van der Waals surface area (Å²) in [7, 11) is 0. The Hall–Kier alpha value is -0.680. The van der Waals surface area contributed by atoms with Crippen molar-refractivity contribution in [3.05, 3.63) is 0 Å². The van der Waals surface area contributed by atoms with Crippen molar-refractivity contribution >= 4 is 23.1 Å². The van der Waals surface area contributed by atoms with Gasteiger partial charge < -0.3 is 15.8 Å². The Balaban J connectivity index is 1.60. The number of nitrogens with one attached hydrogen (secondary N) is 1. The van der Waals surface area contributed by atoms with Crippen LogP contribution in [0.4, 0.5) is 0 Å². The maximum atomic E-state index is 11.9. The van der Waals surface area contributed by atoms with Gasteiger partial charge in [-0.1, -0.05) is 31.5 Å². The third-order valence-electron chi connectivity index (χ3n) is 3.95. The number of carbonyl (C=O) groups excluding carboxylic acids is 1. The summed E-state index contributed by atoms with van der Waals surface area (Å²) in [5, 5.41) is 2.87. The van der Waals surface area contributed by atoms with Crippen molar-refractivity contribution in [3.8, 4) is 0 Å². The molecule has 2 saturated carbocycles. The zero-order chi connectivity index (χ0) is 13.0. The molecule has 0 aromatic carbocycles. The predicted molar refractivity (Wildman–Crippen MR) is 74.3 cm³/mol. The standard InChI is InChI=1S/C13H22N2O2S/c14-11(18)13(6-7-13)12(16)15-8-9-17-10-4-2-1-3-5-10/h10H,1-9H2,(H2,14,18)(H,15,16). The molecule has 0 aromatic heterocycles. The van der Waals surface area contributed by atoms with Crippen LogP contribution in [-0.4, -0.2) is 30.2 Å². The molecule has 0 bridgehead atoms. The summed E-state index contributed by atoms with van der Waals surface area (Å²) < 4.78 is 5.75. The van der Waals surface area contributed by atoms with Crippen LogP contribution in [0.15, 0.2) is 0 Å². The largest absolute Gasteiger partial charge is 0.392 e. The Labute approximate surface area is 114 Å². The number of thiocarbonyl (C=S) groups is 1. The lowest BCUT2D eigenvalue weighted by molar-refractivity contribution is -0.124. The summed E-state index contributed by atoms with van der Waals surface area (Å²) in [5.74, 6) is -0.0257. The third kappa shape index (κ3) is 3.20. The molecule has 2 aliphatic rings. The minimum absolute atomic E-state index is 0.0257. The van der Waals surface area contributed by atoms with Crippen LogP contribution in [0.25, 0.3) is 0 Å². The fourth-order valence-electron chi connectivity index (χ4n) is 2.50. The van der Waals surface area contributed by atoms with E-state index in [-0.39, 0.29) is 5.91 Å². The molecule has 3 N–H and O–H groups in total. The molecule has 2 aliphatic carbocycles. The van der Waals surface area contributed by atoms with Gasteiger partial charge in [-0.25, -0.2) is 0 Å². The molecular weight excluding hydrogens is 248 g/mol. The molecule has 5 heteroatoms. The molecule has 1 amide bonds. The lowest BCUT2D eigenvalue weighted by atomic mass is 9.98. The molecule has 18 heavy (non-hydrogen) atoms. The van der Waals surface area contributed by atoms with Gasteiger partial charge in [-0.15, -0.1) is 0 Å². The molecule has 4 nitrogen and oxygen atoms in total. The lowest BCUT2D eigenvalue weighted by Crippen LogP contribution is -2.41. The molecule has 102 valence electrons. The zero-order valence-corrected chi connectivity index (χ0v) is 11.6. The summed E-state index contributed by atoms with van der Waals surface area (Å²) >= 11 is 4.94. The normalized spacial score (nSPS) is 22.4. The van der Waals surface area contributed by atoms with Gasteiger partial charge in [0.2, 0.25) is 5.91 Å². The van der Waals surface area contributed by atoms with Crippen LogP contribution >= 0.6 is 12.2 Å². The second kappa shape index (κ2) is 5.97. The van der Waals surface area contributed by atoms with E-state index in [0.29, 0.717) is 24.2 Å². The van der Waals surface area contributed by atoms with E-state index in [2.05, 4.69) is 5.32 Å². The third-order valence-corrected chi connectivity index (χ3v) is 4.34. The van der Waals surface area contributed by atoms with Gasteiger partial charge in [-0.05, 0) is 25.7 Å². The minimum atomic E-state index is -0.541. The van der Waals surface area contributed by atoms with E-state index in [1.165, 1.54) is 19.3 Å². The van der Waals surface area contributed by atoms with Gasteiger partial charge in [-0.3, -0.25) is 4.79 Å². The smallest absolute Gasteiger partial charge is 0.233 e. The number of rotatable bonds is 6. The average Bonchev–Trinajstić information content (AvgIpc) is 3.17. The minimum Gasteiger partial charge on any atom is -0.392 e. The topological polar surface area (TPSA) is 64.4 Å². The molecule has 2 rings (SSSR count). The molecule has 0 radical (unpaired) electrons. The van der Waals surface area contributed by atoms with Crippen LogP contribution in [0.1, 0.15) is 44.9 Å². The highest BCUT2D eigenvalue weighted by Gasteiger charge is 2.52. The molecule has 0 spiro atoms. The lowest BCUT2D eigenvalue weighted by Gasteiger charge is -2.22. The SMILES string of the molecule is NC(=S)C1(C(=O)NCCOC2CCCCC2)CC1. The first-order valence-corrected chi connectivity index (χ1v) is 7.26. The average molecular weight is 270 g/mol. The van der Waals surface area contributed by atoms with E-state index >= 15 is 0 Å². The van der Waals surface area contributed by atoms with Gasteiger partial charge in [0, 0.05) is 6.54 Å². The Morgan fingerprint density at radius 2 is 2.00 bits per heavy atom. The van der Waals surface area contributed by atoms with Crippen LogP contribution in [-0.2, 0) is 9.53 Å². The maximum absolute atomic E-state index is 11.9. The highest BCUT2D eigenvalue weighted by atomic mass is 32.1. The van der Waals surface area contributed by atoms with Crippen molar-refractivity contribution in [1.29, 1.82) is 0 Å². The van der Waals surface area contributed by atoms with Crippen LogP contribution in [0, 0.1) is 5.41 Å². The molecule has 0 heterocycles. The summed E-state index contributed by atoms with van der Waals surface area (Å²) in [5.41, 5.74) is 5.05. The summed E-state index contributed by atoms with van der Waals surface area (Å²) in [6.07, 6.45) is 8.14. The number of hydrogen-bond acceptors (Lipinski definition) is 3. The van der Waals surface area contributed by atoms with Crippen molar-refractivity contribution in [2.24, 2.45) is 11.1 Å². The van der Waals surface area contributed by atoms with Crippen LogP contribution in [0.3, 0.4) is 0 Å². The van der Waals surface area contributed by atoms with Crippen LogP contribution < -0.4 is 11.1 Å². The summed E-state index contributed by atoms with van der Waals surface area (Å²) in [6, 6.07) is 0. The first-order chi connectivity index (χ1) is 8.65. The molecule has 0 saturated heterocycles. The molecule has 0 atom stereocenters. The highest BCUT2D eigenvalue weighted by Crippen LogP contribution is 2.46. The monoisotopic (exact) mass is 270 g/mol. The highest BCUT2D eigenvalue weighted by molar-refractivity contribution is 7.80.